The fraction of sp³-hybridized carbons (Fsp3) is 0.909. The van der Waals surface area contributed by atoms with Crippen molar-refractivity contribution in [2.75, 3.05) is 27.7 Å². The van der Waals surface area contributed by atoms with Gasteiger partial charge in [0.15, 0.2) is 0 Å². The standard InChI is InChI=1S/C11H22NO/c1-9-6-5-7-10(11(9)13)8-12(2,3)4/h9-10H,5-8H2,1-4H3/q+1/t9-,10-/m1/s1. The number of rotatable bonds is 2. The largest absolute Gasteiger partial charge is 0.330 e. The maximum atomic E-state index is 11.8. The van der Waals surface area contributed by atoms with E-state index in [1.165, 1.54) is 6.42 Å². The zero-order valence-corrected chi connectivity index (χ0v) is 9.34. The molecule has 0 aliphatic heterocycles. The highest BCUT2D eigenvalue weighted by molar-refractivity contribution is 5.83. The topological polar surface area (TPSA) is 17.1 Å². The molecule has 0 aromatic rings. The van der Waals surface area contributed by atoms with Gasteiger partial charge < -0.3 is 4.48 Å². The molecule has 0 bridgehead atoms. The van der Waals surface area contributed by atoms with Gasteiger partial charge in [-0.25, -0.2) is 0 Å². The van der Waals surface area contributed by atoms with E-state index >= 15 is 0 Å². The van der Waals surface area contributed by atoms with Crippen molar-refractivity contribution < 1.29 is 9.28 Å². The minimum absolute atomic E-state index is 0.310. The van der Waals surface area contributed by atoms with E-state index in [0.717, 1.165) is 23.9 Å². The van der Waals surface area contributed by atoms with Crippen molar-refractivity contribution in [3.63, 3.8) is 0 Å². The van der Waals surface area contributed by atoms with Crippen LogP contribution in [0.2, 0.25) is 0 Å². The van der Waals surface area contributed by atoms with Gasteiger partial charge in [-0.3, -0.25) is 4.79 Å². The second-order valence-electron chi connectivity index (χ2n) is 5.40. The molecule has 1 saturated carbocycles. The predicted molar refractivity (Wildman–Crippen MR) is 54.4 cm³/mol. The van der Waals surface area contributed by atoms with Gasteiger partial charge in [0.05, 0.1) is 33.6 Å². The number of ketones is 1. The molecule has 0 aromatic heterocycles. The van der Waals surface area contributed by atoms with E-state index in [0.29, 0.717) is 17.6 Å². The van der Waals surface area contributed by atoms with Crippen LogP contribution in [0.3, 0.4) is 0 Å². The monoisotopic (exact) mass is 184 g/mol. The maximum absolute atomic E-state index is 11.8. The molecular formula is C11H22NO+. The minimum Gasteiger partial charge on any atom is -0.330 e. The molecule has 0 aromatic carbocycles. The van der Waals surface area contributed by atoms with Crippen LogP contribution >= 0.6 is 0 Å². The smallest absolute Gasteiger partial charge is 0.144 e. The van der Waals surface area contributed by atoms with Crippen LogP contribution in [-0.4, -0.2) is 38.0 Å². The highest BCUT2D eigenvalue weighted by Crippen LogP contribution is 2.26. The van der Waals surface area contributed by atoms with Gasteiger partial charge in [-0.2, -0.15) is 0 Å². The van der Waals surface area contributed by atoms with E-state index in [9.17, 15) is 4.79 Å². The molecule has 0 unspecified atom stereocenters. The van der Waals surface area contributed by atoms with Gasteiger partial charge in [0, 0.05) is 5.92 Å². The van der Waals surface area contributed by atoms with E-state index in [-0.39, 0.29) is 0 Å². The van der Waals surface area contributed by atoms with Crippen LogP contribution in [0.15, 0.2) is 0 Å². The van der Waals surface area contributed by atoms with Crippen LogP contribution in [0, 0.1) is 11.8 Å². The molecular weight excluding hydrogens is 162 g/mol. The first-order chi connectivity index (χ1) is 5.90. The lowest BCUT2D eigenvalue weighted by atomic mass is 9.81. The van der Waals surface area contributed by atoms with Crippen LogP contribution in [0.25, 0.3) is 0 Å². The van der Waals surface area contributed by atoms with Crippen molar-refractivity contribution in [1.82, 2.24) is 0 Å². The van der Waals surface area contributed by atoms with Crippen molar-refractivity contribution >= 4 is 5.78 Å². The van der Waals surface area contributed by atoms with Crippen LogP contribution in [-0.2, 0) is 4.79 Å². The van der Waals surface area contributed by atoms with E-state index in [4.69, 9.17) is 0 Å². The number of carbonyl (C=O) groups is 1. The summed E-state index contributed by atoms with van der Waals surface area (Å²) < 4.78 is 0.906. The number of nitrogens with zero attached hydrogens (tertiary/aromatic N) is 1. The van der Waals surface area contributed by atoms with Gasteiger partial charge in [-0.1, -0.05) is 13.3 Å². The lowest BCUT2D eigenvalue weighted by Crippen LogP contribution is -2.43. The summed E-state index contributed by atoms with van der Waals surface area (Å²) in [5.74, 6) is 1.13. The summed E-state index contributed by atoms with van der Waals surface area (Å²) in [5.41, 5.74) is 0. The third kappa shape index (κ3) is 3.11. The van der Waals surface area contributed by atoms with E-state index in [1.807, 2.05) is 0 Å². The maximum Gasteiger partial charge on any atom is 0.144 e. The molecule has 13 heavy (non-hydrogen) atoms. The molecule has 2 heteroatoms. The highest BCUT2D eigenvalue weighted by atomic mass is 16.1. The van der Waals surface area contributed by atoms with E-state index in [1.54, 1.807) is 0 Å². The van der Waals surface area contributed by atoms with Crippen molar-refractivity contribution in [2.45, 2.75) is 26.2 Å². The quantitative estimate of drug-likeness (QED) is 0.597. The zero-order chi connectivity index (χ0) is 10.1. The molecule has 1 aliphatic carbocycles. The Hall–Kier alpha value is -0.370. The van der Waals surface area contributed by atoms with Crippen LogP contribution in [0.1, 0.15) is 26.2 Å². The molecule has 0 heterocycles. The van der Waals surface area contributed by atoms with Crippen LogP contribution in [0.4, 0.5) is 0 Å². The Morgan fingerprint density at radius 2 is 1.92 bits per heavy atom. The molecule has 1 fully saturated rings. The fourth-order valence-corrected chi connectivity index (χ4v) is 2.20. The molecule has 0 saturated heterocycles. The summed E-state index contributed by atoms with van der Waals surface area (Å²) in [6.07, 6.45) is 3.45. The Kier molecular flexibility index (Phi) is 3.12. The molecule has 1 rings (SSSR count). The molecule has 2 nitrogen and oxygen atoms in total. The number of hydrogen-bond acceptors (Lipinski definition) is 1. The second kappa shape index (κ2) is 3.79. The number of Topliss-reactive ketones (excluding diaryl/α,β-unsaturated/α-hetero) is 1. The van der Waals surface area contributed by atoms with Gasteiger partial charge in [-0.15, -0.1) is 0 Å². The SMILES string of the molecule is C[C@@H]1CCC[C@H](C[N+](C)(C)C)C1=O. The first-order valence-electron chi connectivity index (χ1n) is 5.24. The Labute approximate surface area is 81.5 Å². The summed E-state index contributed by atoms with van der Waals surface area (Å²) in [5, 5.41) is 0. The highest BCUT2D eigenvalue weighted by Gasteiger charge is 2.31. The molecule has 0 radical (unpaired) electrons. The molecule has 0 amide bonds. The number of hydrogen-bond donors (Lipinski definition) is 0. The lowest BCUT2D eigenvalue weighted by Gasteiger charge is -2.32. The van der Waals surface area contributed by atoms with Crippen LogP contribution < -0.4 is 0 Å². The van der Waals surface area contributed by atoms with Gasteiger partial charge in [-0.05, 0) is 12.8 Å². The predicted octanol–water partition coefficient (Wildman–Crippen LogP) is 1.70. The van der Waals surface area contributed by atoms with Crippen molar-refractivity contribution in [1.29, 1.82) is 0 Å². The average Bonchev–Trinajstić information content (AvgIpc) is 1.96. The molecule has 76 valence electrons. The Bertz CT molecular complexity index is 193. The van der Waals surface area contributed by atoms with Crippen molar-refractivity contribution in [2.24, 2.45) is 11.8 Å². The summed E-state index contributed by atoms with van der Waals surface area (Å²) >= 11 is 0. The van der Waals surface area contributed by atoms with Crippen molar-refractivity contribution in [3.8, 4) is 0 Å². The molecule has 0 N–H and O–H groups in total. The molecule has 2 atom stereocenters. The number of carbonyl (C=O) groups excluding carboxylic acids is 1. The normalized spacial score (nSPS) is 30.6. The first kappa shape index (κ1) is 10.7. The van der Waals surface area contributed by atoms with Gasteiger partial charge in [0.1, 0.15) is 5.78 Å². The Morgan fingerprint density at radius 1 is 1.31 bits per heavy atom. The zero-order valence-electron chi connectivity index (χ0n) is 9.34. The summed E-state index contributed by atoms with van der Waals surface area (Å²) in [6.45, 7) is 3.08. The van der Waals surface area contributed by atoms with E-state index in [2.05, 4.69) is 28.1 Å². The third-order valence-corrected chi connectivity index (χ3v) is 2.85. The van der Waals surface area contributed by atoms with Gasteiger partial charge in [0.2, 0.25) is 0 Å². The third-order valence-electron chi connectivity index (χ3n) is 2.85. The fourth-order valence-electron chi connectivity index (χ4n) is 2.20. The minimum atomic E-state index is 0.310. The number of quaternary nitrogens is 1. The summed E-state index contributed by atoms with van der Waals surface area (Å²) in [4.78, 5) is 11.8. The lowest BCUT2D eigenvalue weighted by molar-refractivity contribution is -0.872. The Morgan fingerprint density at radius 3 is 2.46 bits per heavy atom. The average molecular weight is 184 g/mol. The Balaban J connectivity index is 2.54. The summed E-state index contributed by atoms with van der Waals surface area (Å²) in [6, 6.07) is 0. The summed E-state index contributed by atoms with van der Waals surface area (Å²) in [7, 11) is 6.48. The van der Waals surface area contributed by atoms with Crippen LogP contribution in [0.5, 0.6) is 0 Å². The van der Waals surface area contributed by atoms with E-state index < -0.39 is 0 Å². The van der Waals surface area contributed by atoms with Gasteiger partial charge >= 0.3 is 0 Å². The molecule has 0 spiro atoms. The second-order valence-corrected chi connectivity index (χ2v) is 5.40. The van der Waals surface area contributed by atoms with Crippen molar-refractivity contribution in [3.05, 3.63) is 0 Å². The molecule has 1 aliphatic rings. The first-order valence-corrected chi connectivity index (χ1v) is 5.24. The van der Waals surface area contributed by atoms with Gasteiger partial charge in [0.25, 0.3) is 0 Å².